The number of fused-ring (bicyclic) bond motifs is 1. The summed E-state index contributed by atoms with van der Waals surface area (Å²) in [4.78, 5) is 34.4. The van der Waals surface area contributed by atoms with Gasteiger partial charge in [-0.1, -0.05) is 0 Å². The molecule has 2 aromatic heterocycles. The quantitative estimate of drug-likeness (QED) is 0.471. The fourth-order valence-electron chi connectivity index (χ4n) is 8.29. The number of benzene rings is 1. The molecule has 4 saturated carbocycles. The molecule has 5 fully saturated rings. The van der Waals surface area contributed by atoms with E-state index in [0.29, 0.717) is 49.8 Å². The van der Waals surface area contributed by atoms with Crippen molar-refractivity contribution in [1.29, 1.82) is 0 Å². The highest BCUT2D eigenvalue weighted by Gasteiger charge is 2.51. The first-order valence-electron chi connectivity index (χ1n) is 14.6. The number of carbonyl (C=O) groups is 1. The fourth-order valence-corrected chi connectivity index (χ4v) is 8.29. The van der Waals surface area contributed by atoms with Gasteiger partial charge in [-0.3, -0.25) is 14.2 Å². The monoisotopic (exact) mass is 564 g/mol. The molecular formula is C31H34F2N4O4. The lowest BCUT2D eigenvalue weighted by Crippen LogP contribution is -2.60. The van der Waals surface area contributed by atoms with E-state index in [1.165, 1.54) is 36.1 Å². The molecule has 1 aliphatic heterocycles. The molecule has 1 amide bonds. The van der Waals surface area contributed by atoms with Crippen molar-refractivity contribution in [3.63, 3.8) is 0 Å². The Morgan fingerprint density at radius 2 is 1.83 bits per heavy atom. The number of nitrogens with one attached hydrogen (secondary N) is 1. The molecule has 8 rings (SSSR count). The number of hydrogen-bond acceptors (Lipinski definition) is 6. The zero-order valence-electron chi connectivity index (χ0n) is 22.8. The van der Waals surface area contributed by atoms with Gasteiger partial charge in [-0.05, 0) is 87.0 Å². The Morgan fingerprint density at radius 3 is 2.51 bits per heavy atom. The summed E-state index contributed by atoms with van der Waals surface area (Å²) < 4.78 is 36.0. The largest absolute Gasteiger partial charge is 0.396 e. The first kappa shape index (κ1) is 26.5. The zero-order chi connectivity index (χ0) is 28.3. The number of carbonyl (C=O) groups excluding carboxylic acids is 1. The molecule has 4 aliphatic carbocycles. The van der Waals surface area contributed by atoms with Gasteiger partial charge in [-0.25, -0.2) is 13.8 Å². The van der Waals surface area contributed by atoms with Gasteiger partial charge >= 0.3 is 0 Å². The lowest BCUT2D eigenvalue weighted by Gasteiger charge is -2.56. The van der Waals surface area contributed by atoms with Gasteiger partial charge in [0, 0.05) is 31.0 Å². The van der Waals surface area contributed by atoms with Crippen LogP contribution in [0.3, 0.4) is 0 Å². The first-order chi connectivity index (χ1) is 19.8. The smallest absolute Gasteiger partial charge is 0.257 e. The Morgan fingerprint density at radius 1 is 1.10 bits per heavy atom. The third-order valence-corrected chi connectivity index (χ3v) is 9.65. The molecule has 2 N–H and O–H groups in total. The standard InChI is InChI=1S/C31H34F2N4O4/c32-21-1-3-26(25(33)12-21)37-16-24(30(40)35-31-13-18-9-19(14-31)11-20(10-18)15-31)28(39)23-2-4-27(34-29(23)37)36-6-8-41-17-22(36)5-7-38/h1-4,12,16,18-20,22,38H,5-11,13-15,17H2,(H,35,40)/t18?,19?,20?,22-,31?/m1/s1. The van der Waals surface area contributed by atoms with Gasteiger partial charge < -0.3 is 20.1 Å². The molecule has 0 radical (unpaired) electrons. The topological polar surface area (TPSA) is 96.7 Å². The second-order valence-corrected chi connectivity index (χ2v) is 12.5. The minimum Gasteiger partial charge on any atom is -0.396 e. The van der Waals surface area contributed by atoms with Crippen molar-refractivity contribution < 1.29 is 23.4 Å². The molecule has 10 heteroatoms. The van der Waals surface area contributed by atoms with Crippen LogP contribution in [0.4, 0.5) is 14.6 Å². The van der Waals surface area contributed by atoms with Crippen molar-refractivity contribution in [1.82, 2.24) is 14.9 Å². The summed E-state index contributed by atoms with van der Waals surface area (Å²) in [5.41, 5.74) is -0.721. The average Bonchev–Trinajstić information content (AvgIpc) is 2.93. The molecule has 8 nitrogen and oxygen atoms in total. The van der Waals surface area contributed by atoms with Crippen LogP contribution in [0.15, 0.2) is 41.3 Å². The van der Waals surface area contributed by atoms with Crippen molar-refractivity contribution in [3.05, 3.63) is 63.9 Å². The van der Waals surface area contributed by atoms with Crippen molar-refractivity contribution in [2.75, 3.05) is 31.3 Å². The summed E-state index contributed by atoms with van der Waals surface area (Å²) in [5, 5.41) is 13.0. The SMILES string of the molecule is O=C(NC12CC3CC(CC(C3)C1)C2)c1cn(-c2ccc(F)cc2F)c2nc(N3CCOC[C@H]3CCO)ccc2c1=O. The van der Waals surface area contributed by atoms with Crippen LogP contribution >= 0.6 is 0 Å². The number of aliphatic hydroxyl groups excluding tert-OH is 1. The molecular weight excluding hydrogens is 530 g/mol. The van der Waals surface area contributed by atoms with Crippen LogP contribution in [-0.2, 0) is 4.74 Å². The summed E-state index contributed by atoms with van der Waals surface area (Å²) in [6.45, 7) is 1.41. The minimum atomic E-state index is -0.834. The third kappa shape index (κ3) is 4.70. The average molecular weight is 565 g/mol. The number of aliphatic hydroxyl groups is 1. The molecule has 1 saturated heterocycles. The van der Waals surface area contributed by atoms with Gasteiger partial charge in [0.25, 0.3) is 5.91 Å². The van der Waals surface area contributed by atoms with E-state index in [1.54, 1.807) is 12.1 Å². The molecule has 3 heterocycles. The van der Waals surface area contributed by atoms with Gasteiger partial charge in [0.05, 0.1) is 30.3 Å². The maximum absolute atomic E-state index is 15.2. The van der Waals surface area contributed by atoms with E-state index in [-0.39, 0.29) is 40.5 Å². The van der Waals surface area contributed by atoms with E-state index in [0.717, 1.165) is 31.4 Å². The van der Waals surface area contributed by atoms with Crippen LogP contribution < -0.4 is 15.6 Å². The number of morpholine rings is 1. The Hall–Kier alpha value is -3.37. The van der Waals surface area contributed by atoms with Crippen LogP contribution in [0, 0.1) is 29.4 Å². The lowest BCUT2D eigenvalue weighted by molar-refractivity contribution is -0.0167. The normalized spacial score (nSPS) is 28.8. The second kappa shape index (κ2) is 10.2. The van der Waals surface area contributed by atoms with Gasteiger partial charge in [0.15, 0.2) is 5.65 Å². The number of amides is 1. The second-order valence-electron chi connectivity index (χ2n) is 12.5. The number of hydrogen-bond donors (Lipinski definition) is 2. The van der Waals surface area contributed by atoms with Crippen molar-refractivity contribution >= 4 is 22.8 Å². The van der Waals surface area contributed by atoms with Crippen molar-refractivity contribution in [2.24, 2.45) is 17.8 Å². The van der Waals surface area contributed by atoms with Crippen LogP contribution in [0.1, 0.15) is 55.3 Å². The number of pyridine rings is 2. The Labute approximate surface area is 236 Å². The molecule has 1 atom stereocenters. The fraction of sp³-hybridized carbons (Fsp3) is 0.516. The van der Waals surface area contributed by atoms with Crippen LogP contribution in [0.25, 0.3) is 16.7 Å². The van der Waals surface area contributed by atoms with E-state index in [1.807, 2.05) is 4.90 Å². The number of nitrogens with zero attached hydrogens (tertiary/aromatic N) is 3. The van der Waals surface area contributed by atoms with E-state index in [9.17, 15) is 19.1 Å². The predicted molar refractivity (Wildman–Crippen MR) is 149 cm³/mol. The minimum absolute atomic E-state index is 0.0150. The molecule has 1 aromatic carbocycles. The Kier molecular flexibility index (Phi) is 6.58. The molecule has 4 bridgehead atoms. The summed E-state index contributed by atoms with van der Waals surface area (Å²) in [5.74, 6) is 0.349. The molecule has 5 aliphatic rings. The first-order valence-corrected chi connectivity index (χ1v) is 14.6. The van der Waals surface area contributed by atoms with E-state index >= 15 is 4.39 Å². The highest BCUT2D eigenvalue weighted by molar-refractivity contribution is 5.97. The van der Waals surface area contributed by atoms with Crippen LogP contribution in [0.5, 0.6) is 0 Å². The van der Waals surface area contributed by atoms with Crippen molar-refractivity contribution in [3.8, 4) is 5.69 Å². The summed E-state index contributed by atoms with van der Waals surface area (Å²) in [6, 6.07) is 6.41. The summed E-state index contributed by atoms with van der Waals surface area (Å²) >= 11 is 0. The summed E-state index contributed by atoms with van der Waals surface area (Å²) in [7, 11) is 0. The number of ether oxygens (including phenoxy) is 1. The summed E-state index contributed by atoms with van der Waals surface area (Å²) in [6.07, 6.45) is 8.27. The highest BCUT2D eigenvalue weighted by Crippen LogP contribution is 2.55. The highest BCUT2D eigenvalue weighted by atomic mass is 19.1. The molecule has 0 unspecified atom stereocenters. The number of anilines is 1. The van der Waals surface area contributed by atoms with Gasteiger partial charge in [0.2, 0.25) is 5.43 Å². The molecule has 0 spiro atoms. The van der Waals surface area contributed by atoms with Gasteiger partial charge in [-0.2, -0.15) is 0 Å². The molecule has 41 heavy (non-hydrogen) atoms. The Balaban J connectivity index is 1.33. The predicted octanol–water partition coefficient (Wildman–Crippen LogP) is 3.95. The zero-order valence-corrected chi connectivity index (χ0v) is 22.8. The van der Waals surface area contributed by atoms with Crippen molar-refractivity contribution in [2.45, 2.75) is 56.5 Å². The maximum Gasteiger partial charge on any atom is 0.257 e. The molecule has 3 aromatic rings. The van der Waals surface area contributed by atoms with Gasteiger partial charge in [0.1, 0.15) is 23.0 Å². The van der Waals surface area contributed by atoms with Crippen LogP contribution in [-0.4, -0.2) is 58.5 Å². The van der Waals surface area contributed by atoms with E-state index < -0.39 is 23.0 Å². The number of aromatic nitrogens is 2. The Bertz CT molecular complexity index is 1540. The van der Waals surface area contributed by atoms with Gasteiger partial charge in [-0.15, -0.1) is 0 Å². The number of halogens is 2. The molecule has 216 valence electrons. The van der Waals surface area contributed by atoms with E-state index in [2.05, 4.69) is 5.32 Å². The number of rotatable bonds is 6. The van der Waals surface area contributed by atoms with Crippen LogP contribution in [0.2, 0.25) is 0 Å². The maximum atomic E-state index is 15.2. The van der Waals surface area contributed by atoms with E-state index in [4.69, 9.17) is 9.72 Å². The third-order valence-electron chi connectivity index (χ3n) is 9.65. The lowest BCUT2D eigenvalue weighted by atomic mass is 9.53.